The molecule has 0 unspecified atom stereocenters. The van der Waals surface area contributed by atoms with Crippen molar-refractivity contribution < 1.29 is 14.3 Å². The standard InChI is InChI=1S/C25H23N3O4S/c1-16-8-10-17(11-9-16)28-24(30)19-6-4-5-7-20(19)27-25(28)33-15-23(29)26-21-14-18(31-2)12-13-22(21)32-3/h4-14H,15H2,1-3H3,(H,26,29). The van der Waals surface area contributed by atoms with Crippen LogP contribution in [0.5, 0.6) is 11.5 Å². The molecule has 0 fully saturated rings. The smallest absolute Gasteiger partial charge is 0.266 e. The number of para-hydroxylation sites is 1. The van der Waals surface area contributed by atoms with Crippen LogP contribution in [0.2, 0.25) is 0 Å². The largest absolute Gasteiger partial charge is 0.497 e. The van der Waals surface area contributed by atoms with Crippen LogP contribution in [0.25, 0.3) is 16.6 Å². The molecule has 1 N–H and O–H groups in total. The highest BCUT2D eigenvalue weighted by Crippen LogP contribution is 2.29. The van der Waals surface area contributed by atoms with Crippen molar-refractivity contribution in [2.45, 2.75) is 12.1 Å². The van der Waals surface area contributed by atoms with Crippen molar-refractivity contribution in [1.29, 1.82) is 0 Å². The maximum absolute atomic E-state index is 13.3. The minimum absolute atomic E-state index is 0.0526. The van der Waals surface area contributed by atoms with Crippen molar-refractivity contribution in [3.05, 3.63) is 82.6 Å². The van der Waals surface area contributed by atoms with Crippen molar-refractivity contribution in [1.82, 2.24) is 9.55 Å². The monoisotopic (exact) mass is 461 g/mol. The number of nitrogens with one attached hydrogen (secondary N) is 1. The first kappa shape index (κ1) is 22.4. The minimum Gasteiger partial charge on any atom is -0.497 e. The molecule has 0 aliphatic rings. The first-order chi connectivity index (χ1) is 16.0. The van der Waals surface area contributed by atoms with Crippen molar-refractivity contribution in [3.8, 4) is 17.2 Å². The topological polar surface area (TPSA) is 82.5 Å². The van der Waals surface area contributed by atoms with Gasteiger partial charge in [0.15, 0.2) is 5.16 Å². The Hall–Kier alpha value is -3.78. The molecule has 168 valence electrons. The highest BCUT2D eigenvalue weighted by molar-refractivity contribution is 7.99. The number of nitrogens with zero attached hydrogens (tertiary/aromatic N) is 2. The number of aromatic nitrogens is 2. The third-order valence-corrected chi connectivity index (χ3v) is 5.99. The summed E-state index contributed by atoms with van der Waals surface area (Å²) >= 11 is 1.19. The fourth-order valence-corrected chi connectivity index (χ4v) is 4.17. The molecule has 3 aromatic carbocycles. The van der Waals surface area contributed by atoms with Crippen LogP contribution in [0.1, 0.15) is 5.56 Å². The zero-order valence-electron chi connectivity index (χ0n) is 18.5. The van der Waals surface area contributed by atoms with Gasteiger partial charge in [0.1, 0.15) is 11.5 Å². The van der Waals surface area contributed by atoms with Gasteiger partial charge in [-0.05, 0) is 43.3 Å². The minimum atomic E-state index is -0.260. The third-order valence-electron chi connectivity index (χ3n) is 5.05. The number of methoxy groups -OCH3 is 2. The summed E-state index contributed by atoms with van der Waals surface area (Å²) in [6.45, 7) is 1.98. The van der Waals surface area contributed by atoms with Gasteiger partial charge in [-0.2, -0.15) is 0 Å². The molecule has 0 saturated carbocycles. The number of carbonyl (C=O) groups excluding carboxylic acids is 1. The lowest BCUT2D eigenvalue weighted by Gasteiger charge is -2.14. The van der Waals surface area contributed by atoms with Crippen LogP contribution in [0.4, 0.5) is 5.69 Å². The van der Waals surface area contributed by atoms with Gasteiger partial charge >= 0.3 is 0 Å². The van der Waals surface area contributed by atoms with Crippen LogP contribution < -0.4 is 20.3 Å². The van der Waals surface area contributed by atoms with E-state index < -0.39 is 0 Å². The molecule has 4 aromatic rings. The number of ether oxygens (including phenoxy) is 2. The van der Waals surface area contributed by atoms with Crippen LogP contribution in [-0.2, 0) is 4.79 Å². The lowest BCUT2D eigenvalue weighted by molar-refractivity contribution is -0.113. The second kappa shape index (κ2) is 9.79. The van der Waals surface area contributed by atoms with Crippen LogP contribution in [0, 0.1) is 6.92 Å². The van der Waals surface area contributed by atoms with E-state index in [0.29, 0.717) is 38.9 Å². The molecular weight excluding hydrogens is 438 g/mol. The van der Waals surface area contributed by atoms with Gasteiger partial charge < -0.3 is 14.8 Å². The summed E-state index contributed by atoms with van der Waals surface area (Å²) in [4.78, 5) is 30.7. The summed E-state index contributed by atoms with van der Waals surface area (Å²) in [5, 5.41) is 3.81. The number of carbonyl (C=O) groups is 1. The fraction of sp³-hybridized carbons (Fsp3) is 0.160. The van der Waals surface area contributed by atoms with Crippen molar-refractivity contribution in [2.24, 2.45) is 0 Å². The molecule has 1 heterocycles. The molecule has 0 saturated heterocycles. The lowest BCUT2D eigenvalue weighted by atomic mass is 10.2. The highest BCUT2D eigenvalue weighted by atomic mass is 32.2. The van der Waals surface area contributed by atoms with Crippen molar-refractivity contribution >= 4 is 34.3 Å². The number of benzene rings is 3. The number of hydrogen-bond acceptors (Lipinski definition) is 6. The van der Waals surface area contributed by atoms with E-state index in [1.165, 1.54) is 18.9 Å². The Morgan fingerprint density at radius 2 is 1.79 bits per heavy atom. The molecule has 33 heavy (non-hydrogen) atoms. The van der Waals surface area contributed by atoms with Gasteiger partial charge in [-0.3, -0.25) is 14.2 Å². The summed E-state index contributed by atoms with van der Waals surface area (Å²) in [7, 11) is 3.09. The van der Waals surface area contributed by atoms with Gasteiger partial charge in [-0.25, -0.2) is 4.98 Å². The number of aryl methyl sites for hydroxylation is 1. The first-order valence-electron chi connectivity index (χ1n) is 10.2. The van der Waals surface area contributed by atoms with Crippen molar-refractivity contribution in [2.75, 3.05) is 25.3 Å². The predicted molar refractivity (Wildman–Crippen MR) is 131 cm³/mol. The van der Waals surface area contributed by atoms with E-state index in [2.05, 4.69) is 10.3 Å². The summed E-state index contributed by atoms with van der Waals surface area (Å²) < 4.78 is 12.1. The summed E-state index contributed by atoms with van der Waals surface area (Å²) in [5.74, 6) is 0.916. The van der Waals surface area contributed by atoms with Crippen LogP contribution >= 0.6 is 11.8 Å². The lowest BCUT2D eigenvalue weighted by Crippen LogP contribution is -2.23. The average molecular weight is 462 g/mol. The molecule has 1 amide bonds. The number of hydrogen-bond donors (Lipinski definition) is 1. The number of amides is 1. The highest BCUT2D eigenvalue weighted by Gasteiger charge is 2.16. The second-order valence-corrected chi connectivity index (χ2v) is 8.23. The molecule has 7 nitrogen and oxygen atoms in total. The molecule has 8 heteroatoms. The van der Waals surface area contributed by atoms with E-state index in [4.69, 9.17) is 9.47 Å². The molecule has 1 aromatic heterocycles. The number of thioether (sulfide) groups is 1. The molecule has 0 aliphatic heterocycles. The Labute approximate surface area is 195 Å². The van der Waals surface area contributed by atoms with Gasteiger partial charge in [0.05, 0.1) is 42.3 Å². The average Bonchev–Trinajstić information content (AvgIpc) is 2.83. The summed E-state index contributed by atoms with van der Waals surface area (Å²) in [6.07, 6.45) is 0. The second-order valence-electron chi connectivity index (χ2n) is 7.29. The van der Waals surface area contributed by atoms with E-state index in [0.717, 1.165) is 5.56 Å². The van der Waals surface area contributed by atoms with E-state index in [1.54, 1.807) is 42.0 Å². The molecule has 0 spiro atoms. The predicted octanol–water partition coefficient (Wildman–Crippen LogP) is 4.44. The van der Waals surface area contributed by atoms with E-state index in [-0.39, 0.29) is 17.2 Å². The molecule has 0 atom stereocenters. The molecule has 0 radical (unpaired) electrons. The van der Waals surface area contributed by atoms with Crippen molar-refractivity contribution in [3.63, 3.8) is 0 Å². The van der Waals surface area contributed by atoms with Crippen LogP contribution in [-0.4, -0.2) is 35.4 Å². The molecular formula is C25H23N3O4S. The van der Waals surface area contributed by atoms with E-state index in [9.17, 15) is 9.59 Å². The zero-order valence-corrected chi connectivity index (χ0v) is 19.3. The molecule has 0 aliphatic carbocycles. The van der Waals surface area contributed by atoms with Gasteiger partial charge in [-0.1, -0.05) is 41.6 Å². The van der Waals surface area contributed by atoms with Gasteiger partial charge in [-0.15, -0.1) is 0 Å². The Bertz CT molecular complexity index is 1370. The van der Waals surface area contributed by atoms with Crippen LogP contribution in [0.3, 0.4) is 0 Å². The van der Waals surface area contributed by atoms with E-state index >= 15 is 0 Å². The first-order valence-corrected chi connectivity index (χ1v) is 11.2. The van der Waals surface area contributed by atoms with Gasteiger partial charge in [0, 0.05) is 6.07 Å². The number of anilines is 1. The normalized spacial score (nSPS) is 10.8. The molecule has 4 rings (SSSR count). The quantitative estimate of drug-likeness (QED) is 0.324. The maximum Gasteiger partial charge on any atom is 0.266 e. The maximum atomic E-state index is 13.3. The molecule has 0 bridgehead atoms. The van der Waals surface area contributed by atoms with E-state index in [1.807, 2.05) is 43.3 Å². The van der Waals surface area contributed by atoms with Gasteiger partial charge in [0.25, 0.3) is 5.56 Å². The zero-order chi connectivity index (χ0) is 23.4. The Kier molecular flexibility index (Phi) is 6.65. The SMILES string of the molecule is COc1ccc(OC)c(NC(=O)CSc2nc3ccccc3c(=O)n2-c2ccc(C)cc2)c1. The summed E-state index contributed by atoms with van der Waals surface area (Å²) in [6, 6.07) is 20.0. The number of fused-ring (bicyclic) bond motifs is 1. The van der Waals surface area contributed by atoms with Crippen LogP contribution in [0.15, 0.2) is 76.7 Å². The number of rotatable bonds is 7. The Morgan fingerprint density at radius 1 is 1.03 bits per heavy atom. The fourth-order valence-electron chi connectivity index (χ4n) is 3.36. The third kappa shape index (κ3) is 4.85. The Morgan fingerprint density at radius 3 is 2.52 bits per heavy atom. The Balaban J connectivity index is 1.65. The van der Waals surface area contributed by atoms with Gasteiger partial charge in [0.2, 0.25) is 5.91 Å². The summed E-state index contributed by atoms with van der Waals surface area (Å²) in [5.41, 5.74) is 2.69.